The van der Waals surface area contributed by atoms with Gasteiger partial charge in [-0.2, -0.15) is 4.37 Å². The summed E-state index contributed by atoms with van der Waals surface area (Å²) in [4.78, 5) is 10.7. The van der Waals surface area contributed by atoms with E-state index >= 15 is 0 Å². The molecule has 0 amide bonds. The molecule has 1 aliphatic carbocycles. The first-order valence-corrected chi connectivity index (χ1v) is 20.1. The highest BCUT2D eigenvalue weighted by Crippen LogP contribution is 2.29. The van der Waals surface area contributed by atoms with E-state index in [0.29, 0.717) is 0 Å². The Morgan fingerprint density at radius 2 is 1.30 bits per heavy atom. The summed E-state index contributed by atoms with van der Waals surface area (Å²) in [6.45, 7) is 11.1. The first kappa shape index (κ1) is 47.2. The highest BCUT2D eigenvalue weighted by molar-refractivity contribution is 6.99. The Hall–Kier alpha value is -1.91. The van der Waals surface area contributed by atoms with Crippen LogP contribution in [0, 0.1) is 18.8 Å². The van der Waals surface area contributed by atoms with E-state index in [1.165, 1.54) is 146 Å². The van der Waals surface area contributed by atoms with Crippen LogP contribution in [0.25, 0.3) is 5.57 Å². The summed E-state index contributed by atoms with van der Waals surface area (Å²) < 4.78 is 14.5. The number of hydrogen-bond donors (Lipinski definition) is 1. The molecule has 1 fully saturated rings. The van der Waals surface area contributed by atoms with Crippen LogP contribution in [0.1, 0.15) is 187 Å². The number of likely N-dealkylation sites (N-methyl/N-ethyl adjacent to an activating group) is 1. The van der Waals surface area contributed by atoms with Crippen LogP contribution in [0.2, 0.25) is 0 Å². The molecule has 1 N–H and O–H groups in total. The van der Waals surface area contributed by atoms with Gasteiger partial charge in [0.05, 0.1) is 18.3 Å². The Morgan fingerprint density at radius 3 is 1.79 bits per heavy atom. The van der Waals surface area contributed by atoms with E-state index < -0.39 is 0 Å². The number of hydrogen-bond acceptors (Lipinski definition) is 6. The summed E-state index contributed by atoms with van der Waals surface area (Å²) in [7, 11) is 2.14. The van der Waals surface area contributed by atoms with E-state index in [2.05, 4.69) is 53.5 Å². The quantitative estimate of drug-likeness (QED) is 0.0748. The molecule has 2 heterocycles. The molecular weight excluding hydrogens is 603 g/mol. The molecule has 0 aromatic carbocycles. The highest BCUT2D eigenvalue weighted by atomic mass is 32.1. The van der Waals surface area contributed by atoms with E-state index in [1.807, 2.05) is 13.8 Å². The van der Waals surface area contributed by atoms with E-state index in [9.17, 15) is 0 Å². The van der Waals surface area contributed by atoms with Crippen LogP contribution < -0.4 is 4.74 Å². The fourth-order valence-electron chi connectivity index (χ4n) is 6.16. The van der Waals surface area contributed by atoms with Crippen LogP contribution in [0.3, 0.4) is 0 Å². The average molecular weight is 678 g/mol. The lowest BCUT2D eigenvalue weighted by molar-refractivity contribution is -0.122. The molecular formula is C40H75N3O3S. The maximum atomic E-state index is 8.36. The number of terminal acetylenes is 1. The monoisotopic (exact) mass is 678 g/mol. The predicted octanol–water partition coefficient (Wildman–Crippen LogP) is 12.2. The van der Waals surface area contributed by atoms with Crippen molar-refractivity contribution < 1.29 is 14.6 Å². The fourth-order valence-corrected chi connectivity index (χ4v) is 6.69. The van der Waals surface area contributed by atoms with Gasteiger partial charge < -0.3 is 14.7 Å². The number of carbonyl (C=O) groups is 1. The summed E-state index contributed by atoms with van der Waals surface area (Å²) in [6.07, 6.45) is 44.6. The van der Waals surface area contributed by atoms with Crippen molar-refractivity contribution in [2.75, 3.05) is 26.7 Å². The van der Waals surface area contributed by atoms with Crippen molar-refractivity contribution in [3.63, 3.8) is 0 Å². The van der Waals surface area contributed by atoms with E-state index in [0.717, 1.165) is 50.0 Å². The van der Waals surface area contributed by atoms with Gasteiger partial charge in [0.2, 0.25) is 0 Å². The fraction of sp³-hybridized carbons (Fsp3) is 0.825. The molecule has 1 aromatic rings. The van der Waals surface area contributed by atoms with Crippen molar-refractivity contribution in [1.82, 2.24) is 13.6 Å². The maximum Gasteiger partial charge on any atom is 0.290 e. The van der Waals surface area contributed by atoms with Crippen LogP contribution in [0.15, 0.2) is 6.08 Å². The molecule has 47 heavy (non-hydrogen) atoms. The van der Waals surface area contributed by atoms with Crippen molar-refractivity contribution in [1.29, 1.82) is 0 Å². The SMILES string of the molecule is C#C.CC.CCCCCCCCCCCCCCCCC1CCCC1.CCCCCCOc1nsnc1C1=CCCN(C)C1.O=CO. The first-order valence-electron chi connectivity index (χ1n) is 19.4. The molecule has 7 heteroatoms. The summed E-state index contributed by atoms with van der Waals surface area (Å²) in [5.41, 5.74) is 2.21. The van der Waals surface area contributed by atoms with Crippen LogP contribution in [-0.2, 0) is 4.79 Å². The van der Waals surface area contributed by atoms with Gasteiger partial charge in [0.25, 0.3) is 12.4 Å². The molecule has 0 spiro atoms. The van der Waals surface area contributed by atoms with Gasteiger partial charge in [0.15, 0.2) is 0 Å². The minimum absolute atomic E-state index is 0.250. The van der Waals surface area contributed by atoms with Gasteiger partial charge in [-0.15, -0.1) is 17.2 Å². The van der Waals surface area contributed by atoms with Crippen LogP contribution in [0.4, 0.5) is 0 Å². The number of nitrogens with zero attached hydrogens (tertiary/aromatic N) is 3. The van der Waals surface area contributed by atoms with E-state index in [4.69, 9.17) is 14.6 Å². The Kier molecular flexibility index (Phi) is 38.7. The highest BCUT2D eigenvalue weighted by Gasteiger charge is 2.18. The Bertz CT molecular complexity index is 821. The third-order valence-electron chi connectivity index (χ3n) is 8.78. The number of rotatable bonds is 22. The number of aromatic nitrogens is 2. The lowest BCUT2D eigenvalue weighted by atomic mass is 9.99. The Morgan fingerprint density at radius 1 is 0.830 bits per heavy atom. The molecule has 6 nitrogen and oxygen atoms in total. The van der Waals surface area contributed by atoms with Gasteiger partial charge in [-0.1, -0.05) is 175 Å². The second kappa shape index (κ2) is 38.5. The first-order chi connectivity index (χ1) is 23.2. The normalized spacial score (nSPS) is 14.1. The van der Waals surface area contributed by atoms with Gasteiger partial charge in [-0.3, -0.25) is 4.79 Å². The Labute approximate surface area is 296 Å². The van der Waals surface area contributed by atoms with Crippen molar-refractivity contribution in [2.24, 2.45) is 5.92 Å². The van der Waals surface area contributed by atoms with Crippen molar-refractivity contribution in [3.05, 3.63) is 11.8 Å². The smallest absolute Gasteiger partial charge is 0.290 e. The molecule has 0 atom stereocenters. The topological polar surface area (TPSA) is 75.6 Å². The maximum absolute atomic E-state index is 8.36. The summed E-state index contributed by atoms with van der Waals surface area (Å²) in [5.74, 6) is 1.84. The van der Waals surface area contributed by atoms with Crippen LogP contribution in [-0.4, -0.2) is 52.0 Å². The molecule has 0 radical (unpaired) electrons. The largest absolute Gasteiger partial charge is 0.483 e. The van der Waals surface area contributed by atoms with Gasteiger partial charge in [-0.05, 0) is 31.4 Å². The number of ether oxygens (including phenoxy) is 1. The minimum Gasteiger partial charge on any atom is -0.483 e. The average Bonchev–Trinajstić information content (AvgIpc) is 3.80. The van der Waals surface area contributed by atoms with E-state index in [-0.39, 0.29) is 6.47 Å². The molecule has 1 aliphatic heterocycles. The third kappa shape index (κ3) is 28.8. The molecule has 2 aliphatic rings. The Balaban J connectivity index is 0. The molecule has 0 bridgehead atoms. The standard InChI is InChI=1S/C21H42.C14H23N3OS.C2H6.C2H2.CH2O2/c1-2-3-4-5-6-7-8-9-10-11-12-13-14-15-18-21-19-16-17-20-21;1-3-4-5-6-10-18-14-13(15-19-16-14)12-8-7-9-17(2)11-12;2*1-2;2-1-3/h21H,2-20H2,1H3;8H,3-7,9-11H2,1-2H3;1-2H3;1-2H;1H,(H,2,3). The van der Waals surface area contributed by atoms with Gasteiger partial charge in [-0.25, -0.2) is 0 Å². The van der Waals surface area contributed by atoms with Gasteiger partial charge in [0.1, 0.15) is 5.69 Å². The number of carboxylic acid groups (broad SMARTS) is 1. The van der Waals surface area contributed by atoms with Crippen LogP contribution >= 0.6 is 11.7 Å². The van der Waals surface area contributed by atoms with Crippen molar-refractivity contribution >= 4 is 23.8 Å². The van der Waals surface area contributed by atoms with Crippen molar-refractivity contribution in [2.45, 2.75) is 182 Å². The number of unbranched alkanes of at least 4 members (excludes halogenated alkanes) is 16. The molecule has 0 unspecified atom stereocenters. The summed E-state index contributed by atoms with van der Waals surface area (Å²) in [6, 6.07) is 0. The van der Waals surface area contributed by atoms with Crippen LogP contribution in [0.5, 0.6) is 5.88 Å². The minimum atomic E-state index is -0.250. The van der Waals surface area contributed by atoms with Crippen molar-refractivity contribution in [3.8, 4) is 18.7 Å². The second-order valence-corrected chi connectivity index (χ2v) is 13.3. The third-order valence-corrected chi connectivity index (χ3v) is 9.29. The molecule has 1 aromatic heterocycles. The summed E-state index contributed by atoms with van der Waals surface area (Å²) in [5, 5.41) is 6.89. The zero-order valence-corrected chi connectivity index (χ0v) is 32.3. The molecule has 274 valence electrons. The zero-order chi connectivity index (χ0) is 35.2. The molecule has 3 rings (SSSR count). The molecule has 1 saturated carbocycles. The van der Waals surface area contributed by atoms with E-state index in [1.54, 1.807) is 12.8 Å². The summed E-state index contributed by atoms with van der Waals surface area (Å²) >= 11 is 1.25. The lowest BCUT2D eigenvalue weighted by Crippen LogP contribution is -2.25. The van der Waals surface area contributed by atoms with Gasteiger partial charge >= 0.3 is 0 Å². The zero-order valence-electron chi connectivity index (χ0n) is 31.5. The molecule has 0 saturated heterocycles. The predicted molar refractivity (Wildman–Crippen MR) is 206 cm³/mol. The lowest BCUT2D eigenvalue weighted by Gasteiger charge is -2.22. The van der Waals surface area contributed by atoms with Gasteiger partial charge in [0, 0.05) is 13.1 Å². The second-order valence-electron chi connectivity index (χ2n) is 12.7.